The van der Waals surface area contributed by atoms with Crippen molar-refractivity contribution < 1.29 is 74.6 Å². The molecule has 2 nitrogen and oxygen atoms in total. The van der Waals surface area contributed by atoms with Crippen LogP contribution in [0.2, 0.25) is 0 Å². The molecule has 0 aliphatic heterocycles. The minimum atomic E-state index is -0.965. The van der Waals surface area contributed by atoms with Gasteiger partial charge in [0.1, 0.15) is 22.3 Å². The van der Waals surface area contributed by atoms with Gasteiger partial charge in [0.25, 0.3) is 0 Å². The zero-order valence-electron chi connectivity index (χ0n) is 86.8. The minimum Gasteiger partial charge on any atom is -0.456 e. The Bertz CT molecular complexity index is 7640. The molecule has 16 aromatic rings. The molecule has 0 radical (unpaired) electrons. The van der Waals surface area contributed by atoms with Gasteiger partial charge < -0.3 is 8.83 Å². The molecule has 0 saturated carbocycles. The maximum absolute atomic E-state index is 9.66. The first-order valence-electron chi connectivity index (χ1n) is 46.8. The summed E-state index contributed by atoms with van der Waals surface area (Å²) in [4.78, 5) is 0. The first-order valence-corrected chi connectivity index (χ1v) is 22.8. The summed E-state index contributed by atoms with van der Waals surface area (Å²) < 4.78 is 434. The van der Waals surface area contributed by atoms with Crippen molar-refractivity contribution in [2.24, 2.45) is 0 Å². The predicted molar refractivity (Wildman–Crippen MR) is 330 cm³/mol. The van der Waals surface area contributed by atoms with E-state index in [2.05, 4.69) is 0 Å². The van der Waals surface area contributed by atoms with E-state index in [0.717, 1.165) is 0 Å². The lowest BCUT2D eigenvalue weighted by atomic mass is 9.84. The average Bonchev–Trinajstić information content (AvgIpc) is 1.11. The Balaban J connectivity index is 0.000000194. The summed E-state index contributed by atoms with van der Waals surface area (Å²) in [6.45, 7) is 0. The van der Waals surface area contributed by atoms with Crippen LogP contribution in [0.5, 0.6) is 0 Å². The van der Waals surface area contributed by atoms with Crippen LogP contribution in [0.15, 0.2) is 299 Å². The molecule has 14 aromatic carbocycles. The molecule has 0 bridgehead atoms. The summed E-state index contributed by atoms with van der Waals surface area (Å²) in [5.74, 6) is 0. The Kier molecular flexibility index (Phi) is 4.32. The van der Waals surface area contributed by atoms with E-state index in [-0.39, 0.29) is 0 Å². The molecule has 0 aliphatic rings. The van der Waals surface area contributed by atoms with Crippen LogP contribution in [0, 0.1) is 0 Å². The van der Waals surface area contributed by atoms with E-state index < -0.39 is 444 Å². The number of benzene rings is 14. The lowest BCUT2D eigenvalue weighted by Crippen LogP contribution is -1.91. The highest BCUT2D eigenvalue weighted by Gasteiger charge is 2.22. The van der Waals surface area contributed by atoms with E-state index in [1.54, 1.807) is 0 Å². The van der Waals surface area contributed by atoms with E-state index in [9.17, 15) is 12.3 Å². The molecular formula is C76H48O2. The topological polar surface area (TPSA) is 26.3 Å². The molecule has 0 atom stereocenters. The summed E-state index contributed by atoms with van der Waals surface area (Å²) >= 11 is 0. The van der Waals surface area contributed by atoms with E-state index in [1.165, 1.54) is 0 Å². The van der Waals surface area contributed by atoms with Crippen LogP contribution in [-0.2, 0) is 0 Å². The zero-order chi connectivity index (χ0) is 93.3. The van der Waals surface area contributed by atoms with Crippen LogP contribution < -0.4 is 0 Å². The summed E-state index contributed by atoms with van der Waals surface area (Å²) in [7, 11) is 0. The van der Waals surface area contributed by atoms with E-state index in [4.69, 9.17) is 62.3 Å². The minimum absolute atomic E-state index is 0.496. The molecule has 364 valence electrons. The molecule has 0 spiro atoms. The van der Waals surface area contributed by atoms with Crippen molar-refractivity contribution in [3.05, 3.63) is 290 Å². The van der Waals surface area contributed by atoms with Gasteiger partial charge in [-0.15, -0.1) is 0 Å². The third-order valence-corrected chi connectivity index (χ3v) is 12.4. The van der Waals surface area contributed by atoms with Crippen LogP contribution in [0.1, 0.15) is 65.8 Å². The van der Waals surface area contributed by atoms with Crippen LogP contribution >= 0.6 is 0 Å². The molecule has 0 unspecified atom stereocenters. The van der Waals surface area contributed by atoms with Crippen LogP contribution in [-0.4, -0.2) is 0 Å². The molecule has 16 rings (SSSR count). The molecule has 0 amide bonds. The lowest BCUT2D eigenvalue weighted by Gasteiger charge is -2.18. The highest BCUT2D eigenvalue weighted by molar-refractivity contribution is 6.27. The normalized spacial score (nSPS) is 20.2. The Morgan fingerprint density at radius 3 is 1.05 bits per heavy atom. The average molecular weight is 1040 g/mol. The molecule has 0 fully saturated rings. The first kappa shape index (κ1) is 17.9. The van der Waals surface area contributed by atoms with Gasteiger partial charge in [-0.3, -0.25) is 0 Å². The van der Waals surface area contributed by atoms with Gasteiger partial charge in [-0.2, -0.15) is 0 Å². The summed E-state index contributed by atoms with van der Waals surface area (Å²) in [6, 6.07) is -42.7. The smallest absolute Gasteiger partial charge is 0.136 e. The molecular weight excluding hydrogens is 945 g/mol. The quantitative estimate of drug-likeness (QED) is 0.155. The maximum atomic E-state index is 9.66. The van der Waals surface area contributed by atoms with Crippen molar-refractivity contribution in [1.82, 2.24) is 0 Å². The first-order chi connectivity index (χ1) is 58.7. The fourth-order valence-corrected chi connectivity index (χ4v) is 9.28. The van der Waals surface area contributed by atoms with Gasteiger partial charge in [-0.1, -0.05) is 254 Å². The second-order valence-electron chi connectivity index (χ2n) is 16.5. The highest BCUT2D eigenvalue weighted by atomic mass is 16.3. The van der Waals surface area contributed by atoms with Gasteiger partial charge in [-0.25, -0.2) is 0 Å². The van der Waals surface area contributed by atoms with Gasteiger partial charge in [0.15, 0.2) is 0 Å². The number of furan rings is 2. The Hall–Kier alpha value is -10.3. The molecule has 2 heteroatoms. The fourth-order valence-electron chi connectivity index (χ4n) is 9.28. The van der Waals surface area contributed by atoms with Gasteiger partial charge >= 0.3 is 0 Å². The maximum Gasteiger partial charge on any atom is 0.136 e. The van der Waals surface area contributed by atoms with Crippen molar-refractivity contribution in [2.45, 2.75) is 0 Å². The van der Waals surface area contributed by atoms with Gasteiger partial charge in [0, 0.05) is 21.5 Å². The van der Waals surface area contributed by atoms with Crippen molar-refractivity contribution in [3.63, 3.8) is 0 Å². The second-order valence-corrected chi connectivity index (χ2v) is 16.5. The SMILES string of the molecule is [2H]c1c([2H])c([2H])c(-c2c([2H])c([2H])c3c(oc4c([2H])c([2H])c(-c5c6c([2H])c([2H])c([2H])c([2H])c6c(-c6c([2H])c([2H])c([2H])c([2H])c6[2H])c6c([2H])c([2H])c([2H])c([2H])c56)c([2H])c43)c2[2H])c([2H])c1[2H].[2H]c1c([2H])c([2H])c(-c2c3c([2H])c([2H])c([2H])c([2H])c3c(-c3c([2H])c([2H])c([2H])c4oc5c([2H])c([2H])c([2H])c(-c6c([2H])c([2H])c([2H])c([2H])c6[2H])c5c34)c3c([2H])c([2H])c([2H])c([2H])c23)c([2H])c1[2H]. The van der Waals surface area contributed by atoms with Gasteiger partial charge in [0.2, 0.25) is 0 Å². The summed E-state index contributed by atoms with van der Waals surface area (Å²) in [5, 5.41) is -7.38. The number of hydrogen-bond acceptors (Lipinski definition) is 2. The third-order valence-electron chi connectivity index (χ3n) is 12.4. The van der Waals surface area contributed by atoms with Gasteiger partial charge in [0.05, 0.1) is 65.8 Å². The number of hydrogen-bond donors (Lipinski definition) is 0. The van der Waals surface area contributed by atoms with Crippen molar-refractivity contribution in [3.8, 4) is 66.8 Å². The zero-order valence-corrected chi connectivity index (χ0v) is 38.8. The molecule has 2 aromatic heterocycles. The van der Waals surface area contributed by atoms with Crippen molar-refractivity contribution in [2.75, 3.05) is 0 Å². The van der Waals surface area contributed by atoms with Gasteiger partial charge in [-0.05, 0) is 146 Å². The Morgan fingerprint density at radius 1 is 0.192 bits per heavy atom. The Labute approximate surface area is 518 Å². The summed E-state index contributed by atoms with van der Waals surface area (Å²) in [5.41, 5.74) is -10.6. The van der Waals surface area contributed by atoms with Crippen LogP contribution in [0.3, 0.4) is 0 Å². The number of fused-ring (bicyclic) bond motifs is 10. The molecule has 2 heterocycles. The van der Waals surface area contributed by atoms with Crippen LogP contribution in [0.4, 0.5) is 0 Å². The third kappa shape index (κ3) is 7.49. The van der Waals surface area contributed by atoms with E-state index in [0.29, 0.717) is 0 Å². The standard InChI is InChI=1S/2C38H24O/c1-3-13-25(14-4-1)27-21-11-23-33-37(27)38-32(22-12-24-34(38)39-33)36-30-19-9-7-17-28(30)35(26-15-5-2-6-16-26)29-18-8-10-20-31(29)36;1-3-11-25(12-4-1)27-19-21-29-34-23-28(20-22-35(34)39-36(29)24-27)38-32-17-9-7-15-30(32)37(26-13-5-2-6-14-26)31-16-8-10-18-33(31)38/h2*1-24H/i2*1D,2D,3D,4D,5D,6D,7D,8D,9D,10D,11D,12D,13D,14D,15D,16D,17D,18D,19D,20D,21D,22D,23D,24D. The number of rotatable bonds is 6. The predicted octanol–water partition coefficient (Wildman–Crippen LogP) is 21.8. The van der Waals surface area contributed by atoms with E-state index in [1.807, 2.05) is 0 Å². The summed E-state index contributed by atoms with van der Waals surface area (Å²) in [6.07, 6.45) is 0. The largest absolute Gasteiger partial charge is 0.456 e. The fraction of sp³-hybridized carbons (Fsp3) is 0. The van der Waals surface area contributed by atoms with Crippen molar-refractivity contribution in [1.29, 1.82) is 0 Å². The van der Waals surface area contributed by atoms with Crippen LogP contribution in [0.25, 0.3) is 154 Å². The van der Waals surface area contributed by atoms with Crippen molar-refractivity contribution >= 4 is 87.0 Å². The van der Waals surface area contributed by atoms with E-state index >= 15 is 0 Å². The molecule has 0 saturated heterocycles. The molecule has 78 heavy (non-hydrogen) atoms. The highest BCUT2D eigenvalue weighted by Crippen LogP contribution is 2.49. The lowest BCUT2D eigenvalue weighted by molar-refractivity contribution is 0.668. The molecule has 0 N–H and O–H groups in total. The molecule has 0 aliphatic carbocycles. The Morgan fingerprint density at radius 2 is 0.564 bits per heavy atom. The second kappa shape index (κ2) is 18.8. The monoisotopic (exact) mass is 1040 g/mol.